The zero-order chi connectivity index (χ0) is 16.2. The van der Waals surface area contributed by atoms with Gasteiger partial charge in [-0.1, -0.05) is 42.5 Å². The predicted octanol–water partition coefficient (Wildman–Crippen LogP) is 2.52. The lowest BCUT2D eigenvalue weighted by atomic mass is 10.1. The maximum atomic E-state index is 12.8. The molecule has 1 N–H and O–H groups in total. The highest BCUT2D eigenvalue weighted by molar-refractivity contribution is 5.96. The van der Waals surface area contributed by atoms with Crippen LogP contribution >= 0.6 is 0 Å². The maximum Gasteiger partial charge on any atom is 0.253 e. The molecule has 0 saturated heterocycles. The molecule has 116 valence electrons. The van der Waals surface area contributed by atoms with E-state index in [9.17, 15) is 4.79 Å². The average Bonchev–Trinajstić information content (AvgIpc) is 3.06. The molecule has 0 fully saturated rings. The summed E-state index contributed by atoms with van der Waals surface area (Å²) in [6.07, 6.45) is 1.44. The standard InChI is InChI=1S/C17H17N5O/c1-12-8-9-13(2)15(10-12)19-17(23)16(22-11-18-20-21-22)14-6-4-3-5-7-14/h3-11,16H,1-2H3,(H,19,23)/t16-/m1/s1. The number of nitrogens with one attached hydrogen (secondary N) is 1. The first kappa shape index (κ1) is 14.9. The minimum atomic E-state index is -0.619. The Morgan fingerprint density at radius 1 is 1.13 bits per heavy atom. The number of nitrogens with zero attached hydrogens (tertiary/aromatic N) is 4. The molecular weight excluding hydrogens is 290 g/mol. The zero-order valence-corrected chi connectivity index (χ0v) is 13.0. The van der Waals surface area contributed by atoms with Gasteiger partial charge >= 0.3 is 0 Å². The molecule has 2 aromatic carbocycles. The van der Waals surface area contributed by atoms with Crippen molar-refractivity contribution in [2.45, 2.75) is 19.9 Å². The van der Waals surface area contributed by atoms with Gasteiger partial charge in [0.2, 0.25) is 0 Å². The Bertz CT molecular complexity index is 799. The molecule has 6 nitrogen and oxygen atoms in total. The van der Waals surface area contributed by atoms with E-state index < -0.39 is 6.04 Å². The van der Waals surface area contributed by atoms with Crippen molar-refractivity contribution >= 4 is 11.6 Å². The Balaban J connectivity index is 1.94. The second kappa shape index (κ2) is 6.39. The van der Waals surface area contributed by atoms with E-state index in [0.29, 0.717) is 0 Å². The van der Waals surface area contributed by atoms with Crippen LogP contribution in [0.1, 0.15) is 22.7 Å². The monoisotopic (exact) mass is 307 g/mol. The van der Waals surface area contributed by atoms with Gasteiger partial charge in [0.1, 0.15) is 6.33 Å². The van der Waals surface area contributed by atoms with Gasteiger partial charge in [0.15, 0.2) is 6.04 Å². The highest BCUT2D eigenvalue weighted by atomic mass is 16.2. The summed E-state index contributed by atoms with van der Waals surface area (Å²) < 4.78 is 1.45. The number of aromatic nitrogens is 4. The van der Waals surface area contributed by atoms with Gasteiger partial charge < -0.3 is 5.32 Å². The van der Waals surface area contributed by atoms with E-state index in [0.717, 1.165) is 22.4 Å². The van der Waals surface area contributed by atoms with Gasteiger partial charge in [0, 0.05) is 5.69 Å². The first-order valence-corrected chi connectivity index (χ1v) is 7.30. The normalized spacial score (nSPS) is 11.9. The fraction of sp³-hybridized carbons (Fsp3) is 0.176. The molecule has 3 aromatic rings. The lowest BCUT2D eigenvalue weighted by Crippen LogP contribution is -2.27. The first-order valence-electron chi connectivity index (χ1n) is 7.30. The van der Waals surface area contributed by atoms with Crippen LogP contribution in [-0.4, -0.2) is 26.1 Å². The van der Waals surface area contributed by atoms with Crippen molar-refractivity contribution in [2.24, 2.45) is 0 Å². The maximum absolute atomic E-state index is 12.8. The fourth-order valence-corrected chi connectivity index (χ4v) is 2.42. The lowest BCUT2D eigenvalue weighted by Gasteiger charge is -2.17. The van der Waals surface area contributed by atoms with Crippen molar-refractivity contribution < 1.29 is 4.79 Å². The molecule has 0 radical (unpaired) electrons. The molecule has 0 unspecified atom stereocenters. The van der Waals surface area contributed by atoms with Crippen molar-refractivity contribution in [1.82, 2.24) is 20.2 Å². The summed E-state index contributed by atoms with van der Waals surface area (Å²) in [6, 6.07) is 14.8. The Hall–Kier alpha value is -3.02. The summed E-state index contributed by atoms with van der Waals surface area (Å²) >= 11 is 0. The van der Waals surface area contributed by atoms with Crippen molar-refractivity contribution in [3.63, 3.8) is 0 Å². The topological polar surface area (TPSA) is 72.7 Å². The predicted molar refractivity (Wildman–Crippen MR) is 86.9 cm³/mol. The lowest BCUT2D eigenvalue weighted by molar-refractivity contribution is -0.118. The Labute approximate surface area is 134 Å². The number of anilines is 1. The van der Waals surface area contributed by atoms with Crippen molar-refractivity contribution in [1.29, 1.82) is 0 Å². The molecule has 1 atom stereocenters. The van der Waals surface area contributed by atoms with Gasteiger partial charge in [-0.3, -0.25) is 4.79 Å². The Kier molecular flexibility index (Phi) is 4.14. The molecule has 0 saturated carbocycles. The van der Waals surface area contributed by atoms with Crippen LogP contribution in [0.15, 0.2) is 54.9 Å². The number of carbonyl (C=O) groups excluding carboxylic acids is 1. The molecular formula is C17H17N5O. The Morgan fingerprint density at radius 3 is 2.61 bits per heavy atom. The third kappa shape index (κ3) is 3.26. The largest absolute Gasteiger partial charge is 0.324 e. The van der Waals surface area contributed by atoms with E-state index in [1.54, 1.807) is 0 Å². The molecule has 1 heterocycles. The summed E-state index contributed by atoms with van der Waals surface area (Å²) in [5.41, 5.74) is 3.71. The molecule has 0 aliphatic heterocycles. The quantitative estimate of drug-likeness (QED) is 0.804. The number of hydrogen-bond acceptors (Lipinski definition) is 4. The highest BCUT2D eigenvalue weighted by Crippen LogP contribution is 2.22. The summed E-state index contributed by atoms with van der Waals surface area (Å²) in [5, 5.41) is 14.2. The third-order valence-electron chi connectivity index (χ3n) is 3.64. The second-order valence-electron chi connectivity index (χ2n) is 5.41. The molecule has 0 aliphatic rings. The van der Waals surface area contributed by atoms with Crippen molar-refractivity contribution in [3.05, 3.63) is 71.5 Å². The molecule has 23 heavy (non-hydrogen) atoms. The van der Waals surface area contributed by atoms with Crippen LogP contribution < -0.4 is 5.32 Å². The SMILES string of the molecule is Cc1ccc(C)c(NC(=O)[C@@H](c2ccccc2)n2cnnn2)c1. The molecule has 3 rings (SSSR count). The van der Waals surface area contributed by atoms with Crippen molar-refractivity contribution in [3.8, 4) is 0 Å². The summed E-state index contributed by atoms with van der Waals surface area (Å²) in [6.45, 7) is 3.95. The van der Waals surface area contributed by atoms with Gasteiger partial charge in [-0.05, 0) is 47.0 Å². The van der Waals surface area contributed by atoms with Crippen LogP contribution in [0.3, 0.4) is 0 Å². The van der Waals surface area contributed by atoms with E-state index in [1.165, 1.54) is 11.0 Å². The summed E-state index contributed by atoms with van der Waals surface area (Å²) in [7, 11) is 0. The van der Waals surface area contributed by atoms with Crippen LogP contribution in [0, 0.1) is 13.8 Å². The van der Waals surface area contributed by atoms with Crippen LogP contribution in [-0.2, 0) is 4.79 Å². The van der Waals surface area contributed by atoms with E-state index in [2.05, 4.69) is 20.8 Å². The highest BCUT2D eigenvalue weighted by Gasteiger charge is 2.24. The molecule has 1 aromatic heterocycles. The Morgan fingerprint density at radius 2 is 1.91 bits per heavy atom. The number of carbonyl (C=O) groups is 1. The number of aryl methyl sites for hydroxylation is 2. The molecule has 0 aliphatic carbocycles. The fourth-order valence-electron chi connectivity index (χ4n) is 2.42. The van der Waals surface area contributed by atoms with E-state index in [1.807, 2.05) is 62.4 Å². The number of rotatable bonds is 4. The third-order valence-corrected chi connectivity index (χ3v) is 3.64. The van der Waals surface area contributed by atoms with Crippen LogP contribution in [0.25, 0.3) is 0 Å². The average molecular weight is 307 g/mol. The number of benzene rings is 2. The van der Waals surface area contributed by atoms with Gasteiger partial charge in [0.05, 0.1) is 0 Å². The second-order valence-corrected chi connectivity index (χ2v) is 5.41. The zero-order valence-electron chi connectivity index (χ0n) is 13.0. The smallest absolute Gasteiger partial charge is 0.253 e. The summed E-state index contributed by atoms with van der Waals surface area (Å²) in [5.74, 6) is -0.183. The minimum absolute atomic E-state index is 0.183. The van der Waals surface area contributed by atoms with Crippen LogP contribution in [0.5, 0.6) is 0 Å². The van der Waals surface area contributed by atoms with Crippen LogP contribution in [0.4, 0.5) is 5.69 Å². The van der Waals surface area contributed by atoms with Gasteiger partial charge in [0.25, 0.3) is 5.91 Å². The van der Waals surface area contributed by atoms with Gasteiger partial charge in [-0.25, -0.2) is 4.68 Å². The van der Waals surface area contributed by atoms with Gasteiger partial charge in [-0.15, -0.1) is 5.10 Å². The van der Waals surface area contributed by atoms with Crippen LogP contribution in [0.2, 0.25) is 0 Å². The van der Waals surface area contributed by atoms with Crippen molar-refractivity contribution in [2.75, 3.05) is 5.32 Å². The number of hydrogen-bond donors (Lipinski definition) is 1. The molecule has 6 heteroatoms. The van der Waals surface area contributed by atoms with E-state index in [-0.39, 0.29) is 5.91 Å². The van der Waals surface area contributed by atoms with Gasteiger partial charge in [-0.2, -0.15) is 0 Å². The minimum Gasteiger partial charge on any atom is -0.324 e. The number of amides is 1. The van der Waals surface area contributed by atoms with E-state index in [4.69, 9.17) is 0 Å². The first-order chi connectivity index (χ1) is 11.1. The molecule has 1 amide bonds. The molecule has 0 spiro atoms. The summed E-state index contributed by atoms with van der Waals surface area (Å²) in [4.78, 5) is 12.8. The van der Waals surface area contributed by atoms with E-state index >= 15 is 0 Å². The number of tetrazole rings is 1. The molecule has 0 bridgehead atoms.